The maximum Gasteiger partial charge on any atom is 0.416 e. The topological polar surface area (TPSA) is 30.7 Å². The monoisotopic (exact) mass is 367 g/mol. The van der Waals surface area contributed by atoms with Crippen molar-refractivity contribution in [3.63, 3.8) is 0 Å². The van der Waals surface area contributed by atoms with Gasteiger partial charge in [-0.3, -0.25) is 0 Å². The van der Waals surface area contributed by atoms with E-state index in [0.717, 1.165) is 23.5 Å². The lowest BCUT2D eigenvalue weighted by molar-refractivity contribution is -0.137. The Kier molecular flexibility index (Phi) is 3.60. The maximum atomic E-state index is 12.4. The van der Waals surface area contributed by atoms with Crippen LogP contribution in [0.5, 0.6) is 0 Å². The fourth-order valence-corrected chi connectivity index (χ4v) is 2.14. The van der Waals surface area contributed by atoms with Crippen molar-refractivity contribution >= 4 is 22.6 Å². The van der Waals surface area contributed by atoms with Gasteiger partial charge >= 0.3 is 6.18 Å². The number of halogens is 4. The normalized spacial score (nSPS) is 11.8. The van der Waals surface area contributed by atoms with Gasteiger partial charge in [0.1, 0.15) is 0 Å². The van der Waals surface area contributed by atoms with Crippen LogP contribution in [0.4, 0.5) is 13.2 Å². The van der Waals surface area contributed by atoms with E-state index >= 15 is 0 Å². The van der Waals surface area contributed by atoms with E-state index in [2.05, 4.69) is 32.8 Å². The Morgan fingerprint density at radius 1 is 1.17 bits per heavy atom. The summed E-state index contributed by atoms with van der Waals surface area (Å²) in [5, 5.41) is 8.37. The molecule has 0 saturated carbocycles. The van der Waals surface area contributed by atoms with Gasteiger partial charge < -0.3 is 0 Å². The van der Waals surface area contributed by atoms with E-state index < -0.39 is 11.7 Å². The first kappa shape index (κ1) is 13.3. The fourth-order valence-electron chi connectivity index (χ4n) is 1.43. The molecule has 0 aliphatic heterocycles. The lowest BCUT2D eigenvalue weighted by atomic mass is 10.2. The minimum Gasteiger partial charge on any atom is -0.166 e. The minimum atomic E-state index is -4.32. The predicted octanol–water partition coefficient (Wildman–Crippen LogP) is 3.53. The first-order chi connectivity index (χ1) is 8.41. The lowest BCUT2D eigenvalue weighted by Crippen LogP contribution is -2.06. The van der Waals surface area contributed by atoms with Crippen molar-refractivity contribution in [3.8, 4) is 5.69 Å². The second kappa shape index (κ2) is 4.87. The highest BCUT2D eigenvalue weighted by atomic mass is 127. The largest absolute Gasteiger partial charge is 0.416 e. The first-order valence-corrected chi connectivity index (χ1v) is 6.61. The van der Waals surface area contributed by atoms with E-state index in [-0.39, 0.29) is 0 Å². The van der Waals surface area contributed by atoms with Gasteiger partial charge in [-0.25, -0.2) is 0 Å². The molecule has 0 unspecified atom stereocenters. The Morgan fingerprint density at radius 2 is 1.78 bits per heavy atom. The Balaban J connectivity index is 2.34. The van der Waals surface area contributed by atoms with Crippen LogP contribution < -0.4 is 0 Å². The molecule has 0 radical (unpaired) electrons. The highest BCUT2D eigenvalue weighted by Crippen LogP contribution is 2.29. The summed E-state index contributed by atoms with van der Waals surface area (Å²) in [6.45, 7) is 1.82. The quantitative estimate of drug-likeness (QED) is 0.601. The molecule has 1 heterocycles. The first-order valence-electron chi connectivity index (χ1n) is 5.08. The zero-order chi connectivity index (χ0) is 13.3. The van der Waals surface area contributed by atoms with Gasteiger partial charge in [0, 0.05) is 4.43 Å². The van der Waals surface area contributed by atoms with Crippen molar-refractivity contribution in [1.82, 2.24) is 15.0 Å². The van der Waals surface area contributed by atoms with E-state index in [0.29, 0.717) is 10.1 Å². The maximum absolute atomic E-state index is 12.4. The van der Waals surface area contributed by atoms with Crippen LogP contribution in [0.2, 0.25) is 0 Å². The van der Waals surface area contributed by atoms with Crippen LogP contribution in [0.15, 0.2) is 24.3 Å². The third-order valence-corrected chi connectivity index (χ3v) is 3.15. The van der Waals surface area contributed by atoms with E-state index in [9.17, 15) is 13.2 Å². The average Bonchev–Trinajstić information content (AvgIpc) is 2.69. The molecule has 1 aromatic heterocycles. The van der Waals surface area contributed by atoms with Gasteiger partial charge in [-0.05, 0) is 31.2 Å². The highest BCUT2D eigenvalue weighted by molar-refractivity contribution is 14.1. The number of aromatic nitrogens is 3. The SMILES string of the molecule is Cc1nn(-c2ccc(C(F)(F)F)cc2)nc1CI. The second-order valence-corrected chi connectivity index (χ2v) is 4.46. The third kappa shape index (κ3) is 2.65. The molecule has 0 saturated heterocycles. The number of hydrogen-bond acceptors (Lipinski definition) is 2. The van der Waals surface area contributed by atoms with Gasteiger partial charge in [-0.1, -0.05) is 22.6 Å². The molecule has 18 heavy (non-hydrogen) atoms. The lowest BCUT2D eigenvalue weighted by Gasteiger charge is -2.06. The van der Waals surface area contributed by atoms with Crippen molar-refractivity contribution in [2.45, 2.75) is 17.5 Å². The summed E-state index contributed by atoms with van der Waals surface area (Å²) >= 11 is 2.16. The average molecular weight is 367 g/mol. The molecule has 3 nitrogen and oxygen atoms in total. The number of alkyl halides is 4. The fraction of sp³-hybridized carbons (Fsp3) is 0.273. The third-order valence-electron chi connectivity index (χ3n) is 2.43. The van der Waals surface area contributed by atoms with Crippen LogP contribution >= 0.6 is 22.6 Å². The molecule has 0 N–H and O–H groups in total. The molecule has 1 aromatic carbocycles. The smallest absolute Gasteiger partial charge is 0.166 e. The molecule has 0 aliphatic carbocycles. The van der Waals surface area contributed by atoms with Crippen molar-refractivity contribution in [3.05, 3.63) is 41.2 Å². The van der Waals surface area contributed by atoms with Crippen LogP contribution in [0.1, 0.15) is 17.0 Å². The zero-order valence-corrected chi connectivity index (χ0v) is 11.5. The van der Waals surface area contributed by atoms with Gasteiger partial charge in [0.15, 0.2) is 0 Å². The van der Waals surface area contributed by atoms with Crippen molar-refractivity contribution < 1.29 is 13.2 Å². The summed E-state index contributed by atoms with van der Waals surface area (Å²) < 4.78 is 37.9. The van der Waals surface area contributed by atoms with Crippen LogP contribution in [-0.4, -0.2) is 15.0 Å². The molecule has 0 bridgehead atoms. The van der Waals surface area contributed by atoms with Crippen molar-refractivity contribution in [1.29, 1.82) is 0 Å². The van der Waals surface area contributed by atoms with Gasteiger partial charge in [-0.15, -0.1) is 0 Å². The molecular weight excluding hydrogens is 358 g/mol. The van der Waals surface area contributed by atoms with E-state index in [1.165, 1.54) is 16.9 Å². The number of benzene rings is 1. The number of rotatable bonds is 2. The van der Waals surface area contributed by atoms with Gasteiger partial charge in [0.05, 0.1) is 22.6 Å². The molecule has 0 fully saturated rings. The summed E-state index contributed by atoms with van der Waals surface area (Å²) in [7, 11) is 0. The molecule has 0 spiro atoms. The number of hydrogen-bond donors (Lipinski definition) is 0. The van der Waals surface area contributed by atoms with E-state index in [1.807, 2.05) is 6.92 Å². The summed E-state index contributed by atoms with van der Waals surface area (Å²) in [4.78, 5) is 1.35. The zero-order valence-electron chi connectivity index (χ0n) is 9.37. The van der Waals surface area contributed by atoms with Gasteiger partial charge in [0.2, 0.25) is 0 Å². The molecule has 2 rings (SSSR count). The Morgan fingerprint density at radius 3 is 2.22 bits per heavy atom. The number of nitrogens with zero attached hydrogens (tertiary/aromatic N) is 3. The molecule has 0 amide bonds. The summed E-state index contributed by atoms with van der Waals surface area (Å²) in [6, 6.07) is 4.77. The van der Waals surface area contributed by atoms with E-state index in [4.69, 9.17) is 0 Å². The predicted molar refractivity (Wildman–Crippen MR) is 68.8 cm³/mol. The summed E-state index contributed by atoms with van der Waals surface area (Å²) in [6.07, 6.45) is -4.32. The summed E-state index contributed by atoms with van der Waals surface area (Å²) in [5.41, 5.74) is 1.45. The number of aryl methyl sites for hydroxylation is 1. The van der Waals surface area contributed by atoms with Crippen LogP contribution in [0.3, 0.4) is 0 Å². The molecule has 0 atom stereocenters. The van der Waals surface area contributed by atoms with Gasteiger partial charge in [0.25, 0.3) is 0 Å². The van der Waals surface area contributed by atoms with Gasteiger partial charge in [-0.2, -0.15) is 28.2 Å². The Bertz CT molecular complexity index is 546. The van der Waals surface area contributed by atoms with E-state index in [1.54, 1.807) is 0 Å². The Hall–Kier alpha value is -1.12. The Labute approximate surface area is 115 Å². The summed E-state index contributed by atoms with van der Waals surface area (Å²) in [5.74, 6) is 0. The van der Waals surface area contributed by atoms with Crippen LogP contribution in [0, 0.1) is 6.92 Å². The van der Waals surface area contributed by atoms with Crippen molar-refractivity contribution in [2.24, 2.45) is 0 Å². The molecule has 0 aliphatic rings. The second-order valence-electron chi connectivity index (χ2n) is 3.70. The standard InChI is InChI=1S/C11H9F3IN3/c1-7-10(6-15)17-18(16-7)9-4-2-8(3-5-9)11(12,13)14/h2-5H,6H2,1H3. The van der Waals surface area contributed by atoms with Crippen LogP contribution in [-0.2, 0) is 10.6 Å². The molecular formula is C11H9F3IN3. The highest BCUT2D eigenvalue weighted by Gasteiger charge is 2.30. The minimum absolute atomic E-state index is 0.516. The molecule has 7 heteroatoms. The molecule has 2 aromatic rings. The molecule has 96 valence electrons. The van der Waals surface area contributed by atoms with Crippen LogP contribution in [0.25, 0.3) is 5.69 Å². The van der Waals surface area contributed by atoms with Crippen molar-refractivity contribution in [2.75, 3.05) is 0 Å².